The second-order valence-corrected chi connectivity index (χ2v) is 9.48. The third kappa shape index (κ3) is 6.17. The minimum Gasteiger partial charge on any atom is -0.490 e. The van der Waals surface area contributed by atoms with Crippen LogP contribution in [-0.2, 0) is 9.59 Å². The van der Waals surface area contributed by atoms with Crippen LogP contribution in [0.2, 0.25) is 5.02 Å². The Kier molecular flexibility index (Phi) is 8.70. The summed E-state index contributed by atoms with van der Waals surface area (Å²) in [7, 11) is 0. The van der Waals surface area contributed by atoms with E-state index in [1.807, 2.05) is 38.1 Å². The molecule has 0 aliphatic carbocycles. The molecule has 1 fully saturated rings. The van der Waals surface area contributed by atoms with E-state index in [2.05, 4.69) is 21.2 Å². The molecule has 1 aliphatic heterocycles. The Labute approximate surface area is 233 Å². The fourth-order valence-corrected chi connectivity index (χ4v) is 4.27. The lowest BCUT2D eigenvalue weighted by Gasteiger charge is -2.26. The van der Waals surface area contributed by atoms with Crippen LogP contribution in [0, 0.1) is 6.92 Å². The summed E-state index contributed by atoms with van der Waals surface area (Å²) in [5.41, 5.74) is 1.52. The summed E-state index contributed by atoms with van der Waals surface area (Å²) in [6, 6.07) is 16.6. The van der Waals surface area contributed by atoms with Gasteiger partial charge in [0.05, 0.1) is 17.3 Å². The maximum Gasteiger partial charge on any atom is 0.335 e. The van der Waals surface area contributed by atoms with Gasteiger partial charge in [0.1, 0.15) is 24.5 Å². The van der Waals surface area contributed by atoms with Gasteiger partial charge in [0.15, 0.2) is 11.5 Å². The second kappa shape index (κ2) is 12.1. The minimum atomic E-state index is -0.829. The summed E-state index contributed by atoms with van der Waals surface area (Å²) in [5.74, 6) is -0.150. The molecular weight excluding hydrogens is 576 g/mol. The number of ether oxygens (including phenoxy) is 3. The number of para-hydroxylation sites is 1. The van der Waals surface area contributed by atoms with Crippen molar-refractivity contribution >= 4 is 57.1 Å². The molecule has 0 unspecified atom stereocenters. The summed E-state index contributed by atoms with van der Waals surface area (Å²) < 4.78 is 18.1. The van der Waals surface area contributed by atoms with E-state index in [-0.39, 0.29) is 23.8 Å². The number of urea groups is 1. The Balaban J connectivity index is 1.55. The smallest absolute Gasteiger partial charge is 0.335 e. The summed E-state index contributed by atoms with van der Waals surface area (Å²) in [6.07, 6.45) is 1.36. The lowest BCUT2D eigenvalue weighted by molar-refractivity contribution is -0.122. The molecule has 0 spiro atoms. The first-order valence-corrected chi connectivity index (χ1v) is 12.9. The first kappa shape index (κ1) is 27.2. The molecule has 4 amide bonds. The molecule has 1 aliphatic rings. The SMILES string of the molecule is CCOc1cc(C=C2C(=O)NC(=O)N(c3ccc(Br)cc3)C2=O)cc(Cl)c1OCCOc1ccccc1C. The molecule has 3 aromatic carbocycles. The third-order valence-electron chi connectivity index (χ3n) is 5.51. The molecule has 196 valence electrons. The Morgan fingerprint density at radius 3 is 2.37 bits per heavy atom. The van der Waals surface area contributed by atoms with Gasteiger partial charge in [0, 0.05) is 4.47 Å². The van der Waals surface area contributed by atoms with E-state index in [1.165, 1.54) is 6.08 Å². The van der Waals surface area contributed by atoms with Crippen molar-refractivity contribution in [3.05, 3.63) is 86.9 Å². The van der Waals surface area contributed by atoms with Gasteiger partial charge < -0.3 is 14.2 Å². The first-order chi connectivity index (χ1) is 18.3. The number of carbonyl (C=O) groups excluding carboxylic acids is 3. The van der Waals surface area contributed by atoms with Gasteiger partial charge in [-0.2, -0.15) is 0 Å². The number of imide groups is 2. The highest BCUT2D eigenvalue weighted by atomic mass is 79.9. The number of carbonyl (C=O) groups is 3. The van der Waals surface area contributed by atoms with Crippen LogP contribution < -0.4 is 24.4 Å². The molecular formula is C28H24BrClN2O6. The van der Waals surface area contributed by atoms with Crippen LogP contribution in [0.4, 0.5) is 10.5 Å². The molecule has 1 heterocycles. The number of hydrogen-bond acceptors (Lipinski definition) is 6. The summed E-state index contributed by atoms with van der Waals surface area (Å²) in [4.78, 5) is 39.1. The van der Waals surface area contributed by atoms with Crippen molar-refractivity contribution in [3.63, 3.8) is 0 Å². The van der Waals surface area contributed by atoms with Gasteiger partial charge in [-0.3, -0.25) is 14.9 Å². The number of benzene rings is 3. The molecule has 0 atom stereocenters. The zero-order chi connectivity index (χ0) is 27.2. The monoisotopic (exact) mass is 598 g/mol. The summed E-state index contributed by atoms with van der Waals surface area (Å²) in [6.45, 7) is 4.59. The van der Waals surface area contributed by atoms with Gasteiger partial charge in [-0.15, -0.1) is 0 Å². The number of nitrogens with one attached hydrogen (secondary N) is 1. The van der Waals surface area contributed by atoms with Gasteiger partial charge in [0.2, 0.25) is 0 Å². The van der Waals surface area contributed by atoms with E-state index in [9.17, 15) is 14.4 Å². The highest BCUT2D eigenvalue weighted by molar-refractivity contribution is 9.10. The standard InChI is InChI=1S/C28H24BrClN2O6/c1-3-36-24-16-18(15-22(30)25(24)38-13-12-37-23-7-5-4-6-17(23)2)14-21-26(33)31-28(35)32(27(21)34)20-10-8-19(29)9-11-20/h4-11,14-16H,3,12-13H2,1-2H3,(H,31,33,35). The topological polar surface area (TPSA) is 94.2 Å². The lowest BCUT2D eigenvalue weighted by Crippen LogP contribution is -2.54. The number of nitrogens with zero attached hydrogens (tertiary/aromatic N) is 1. The fraction of sp³-hybridized carbons (Fsp3) is 0.179. The van der Waals surface area contributed by atoms with Crippen molar-refractivity contribution in [2.75, 3.05) is 24.7 Å². The maximum absolute atomic E-state index is 13.2. The lowest BCUT2D eigenvalue weighted by atomic mass is 10.1. The van der Waals surface area contributed by atoms with Crippen molar-refractivity contribution in [1.82, 2.24) is 5.32 Å². The third-order valence-corrected chi connectivity index (χ3v) is 6.32. The zero-order valence-corrected chi connectivity index (χ0v) is 23.0. The van der Waals surface area contributed by atoms with Crippen molar-refractivity contribution in [2.24, 2.45) is 0 Å². The van der Waals surface area contributed by atoms with Crippen LogP contribution in [0.3, 0.4) is 0 Å². The average Bonchev–Trinajstić information content (AvgIpc) is 2.88. The molecule has 8 nitrogen and oxygen atoms in total. The van der Waals surface area contributed by atoms with Gasteiger partial charge in [-0.25, -0.2) is 9.69 Å². The van der Waals surface area contributed by atoms with Crippen LogP contribution >= 0.6 is 27.5 Å². The molecule has 1 N–H and O–H groups in total. The van der Waals surface area contributed by atoms with Gasteiger partial charge >= 0.3 is 6.03 Å². The minimum absolute atomic E-state index is 0.208. The first-order valence-electron chi connectivity index (χ1n) is 11.7. The molecule has 4 rings (SSSR count). The van der Waals surface area contributed by atoms with E-state index in [4.69, 9.17) is 25.8 Å². The number of rotatable bonds is 9. The van der Waals surface area contributed by atoms with Gasteiger partial charge in [0.25, 0.3) is 11.8 Å². The predicted molar refractivity (Wildman–Crippen MR) is 148 cm³/mol. The molecule has 38 heavy (non-hydrogen) atoms. The van der Waals surface area contributed by atoms with E-state index >= 15 is 0 Å². The highest BCUT2D eigenvalue weighted by Gasteiger charge is 2.36. The fourth-order valence-electron chi connectivity index (χ4n) is 3.74. The second-order valence-electron chi connectivity index (χ2n) is 8.16. The molecule has 1 saturated heterocycles. The number of aryl methyl sites for hydroxylation is 1. The van der Waals surface area contributed by atoms with Crippen LogP contribution in [0.25, 0.3) is 6.08 Å². The highest BCUT2D eigenvalue weighted by Crippen LogP contribution is 2.37. The van der Waals surface area contributed by atoms with Crippen LogP contribution in [0.5, 0.6) is 17.2 Å². The Morgan fingerprint density at radius 2 is 1.66 bits per heavy atom. The number of amides is 4. The molecule has 0 aromatic heterocycles. The van der Waals surface area contributed by atoms with Crippen molar-refractivity contribution in [3.8, 4) is 17.2 Å². The number of anilines is 1. The Bertz CT molecular complexity index is 1410. The van der Waals surface area contributed by atoms with Crippen molar-refractivity contribution in [2.45, 2.75) is 13.8 Å². The average molecular weight is 600 g/mol. The van der Waals surface area contributed by atoms with Crippen LogP contribution in [0.15, 0.2) is 70.7 Å². The van der Waals surface area contributed by atoms with Crippen molar-refractivity contribution < 1.29 is 28.6 Å². The predicted octanol–water partition coefficient (Wildman–Crippen LogP) is 5.93. The summed E-state index contributed by atoms with van der Waals surface area (Å²) >= 11 is 9.83. The number of barbiturate groups is 1. The molecule has 3 aromatic rings. The number of halogens is 2. The largest absolute Gasteiger partial charge is 0.490 e. The zero-order valence-electron chi connectivity index (χ0n) is 20.6. The van der Waals surface area contributed by atoms with E-state index in [1.54, 1.807) is 36.4 Å². The van der Waals surface area contributed by atoms with Gasteiger partial charge in [-0.05, 0) is 73.5 Å². The molecule has 10 heteroatoms. The van der Waals surface area contributed by atoms with Gasteiger partial charge in [-0.1, -0.05) is 45.7 Å². The Morgan fingerprint density at radius 1 is 0.947 bits per heavy atom. The normalized spacial score (nSPS) is 14.5. The summed E-state index contributed by atoms with van der Waals surface area (Å²) in [5, 5.41) is 2.43. The maximum atomic E-state index is 13.2. The van der Waals surface area contributed by atoms with Crippen LogP contribution in [-0.4, -0.2) is 37.7 Å². The van der Waals surface area contributed by atoms with E-state index in [0.29, 0.717) is 29.4 Å². The Hall–Kier alpha value is -3.82. The van der Waals surface area contributed by atoms with Crippen molar-refractivity contribution in [1.29, 1.82) is 0 Å². The number of hydrogen-bond donors (Lipinski definition) is 1. The quantitative estimate of drug-likeness (QED) is 0.186. The molecule has 0 radical (unpaired) electrons. The molecule has 0 saturated carbocycles. The van der Waals surface area contributed by atoms with E-state index in [0.717, 1.165) is 20.7 Å². The van der Waals surface area contributed by atoms with Crippen LogP contribution in [0.1, 0.15) is 18.1 Å². The van der Waals surface area contributed by atoms with E-state index < -0.39 is 17.8 Å². The molecule has 0 bridgehead atoms.